The van der Waals surface area contributed by atoms with E-state index >= 15 is 0 Å². The summed E-state index contributed by atoms with van der Waals surface area (Å²) in [6.45, 7) is 0.156. The summed E-state index contributed by atoms with van der Waals surface area (Å²) in [4.78, 5) is 11.7. The van der Waals surface area contributed by atoms with Crippen molar-refractivity contribution in [2.45, 2.75) is 6.61 Å². The molecule has 0 bridgehead atoms. The van der Waals surface area contributed by atoms with E-state index in [1.54, 1.807) is 0 Å². The van der Waals surface area contributed by atoms with Gasteiger partial charge in [-0.25, -0.2) is 9.18 Å². The number of carbonyl (C=O) groups excluding carboxylic acids is 1. The van der Waals surface area contributed by atoms with Gasteiger partial charge in [0, 0.05) is 4.47 Å². The van der Waals surface area contributed by atoms with Crippen LogP contribution in [0.4, 0.5) is 10.1 Å². The standard InChI is InChI=1S/C14H11BrFNO2/c15-11-4-1-9(2-5-11)8-19-14(18)10-3-6-12(16)13(17)7-10/h1-7H,8,17H2. The highest BCUT2D eigenvalue weighted by Gasteiger charge is 2.09. The van der Waals surface area contributed by atoms with Crippen molar-refractivity contribution in [3.8, 4) is 0 Å². The molecule has 0 aliphatic rings. The summed E-state index contributed by atoms with van der Waals surface area (Å²) < 4.78 is 19.0. The highest BCUT2D eigenvalue weighted by Crippen LogP contribution is 2.15. The predicted octanol–water partition coefficient (Wildman–Crippen LogP) is 3.53. The summed E-state index contributed by atoms with van der Waals surface area (Å²) in [5.74, 6) is -1.08. The van der Waals surface area contributed by atoms with E-state index in [1.807, 2.05) is 24.3 Å². The maximum absolute atomic E-state index is 13.0. The Balaban J connectivity index is 2.01. The zero-order chi connectivity index (χ0) is 13.8. The molecule has 2 aromatic rings. The van der Waals surface area contributed by atoms with Gasteiger partial charge in [-0.3, -0.25) is 0 Å². The van der Waals surface area contributed by atoms with Gasteiger partial charge in [-0.2, -0.15) is 0 Å². The summed E-state index contributed by atoms with van der Waals surface area (Å²) in [7, 11) is 0. The van der Waals surface area contributed by atoms with Crippen LogP contribution in [0.1, 0.15) is 15.9 Å². The average Bonchev–Trinajstić information content (AvgIpc) is 2.41. The molecule has 98 valence electrons. The molecule has 0 saturated heterocycles. The van der Waals surface area contributed by atoms with Crippen LogP contribution in [0.5, 0.6) is 0 Å². The molecular formula is C14H11BrFNO2. The molecule has 0 aliphatic heterocycles. The van der Waals surface area contributed by atoms with Gasteiger partial charge in [0.1, 0.15) is 12.4 Å². The Hall–Kier alpha value is -1.88. The van der Waals surface area contributed by atoms with Crippen molar-refractivity contribution in [2.75, 3.05) is 5.73 Å². The molecule has 0 saturated carbocycles. The van der Waals surface area contributed by atoms with Crippen LogP contribution in [0, 0.1) is 5.82 Å². The van der Waals surface area contributed by atoms with Gasteiger partial charge in [-0.15, -0.1) is 0 Å². The van der Waals surface area contributed by atoms with E-state index in [1.165, 1.54) is 12.1 Å². The second-order valence-corrected chi connectivity index (χ2v) is 4.85. The van der Waals surface area contributed by atoms with Crippen molar-refractivity contribution in [3.63, 3.8) is 0 Å². The van der Waals surface area contributed by atoms with Gasteiger partial charge in [-0.1, -0.05) is 28.1 Å². The zero-order valence-corrected chi connectivity index (χ0v) is 11.5. The lowest BCUT2D eigenvalue weighted by molar-refractivity contribution is 0.0472. The third kappa shape index (κ3) is 3.54. The lowest BCUT2D eigenvalue weighted by Crippen LogP contribution is -2.06. The van der Waals surface area contributed by atoms with Crippen molar-refractivity contribution < 1.29 is 13.9 Å². The molecule has 0 fully saturated rings. The Kier molecular flexibility index (Phi) is 4.16. The van der Waals surface area contributed by atoms with E-state index in [0.717, 1.165) is 16.1 Å². The first kappa shape index (κ1) is 13.5. The number of benzene rings is 2. The van der Waals surface area contributed by atoms with Gasteiger partial charge in [-0.05, 0) is 35.9 Å². The molecule has 2 rings (SSSR count). The first-order valence-electron chi connectivity index (χ1n) is 5.53. The van der Waals surface area contributed by atoms with Crippen LogP contribution in [-0.4, -0.2) is 5.97 Å². The molecule has 0 aromatic heterocycles. The summed E-state index contributed by atoms with van der Waals surface area (Å²) in [6, 6.07) is 11.2. The molecule has 0 heterocycles. The largest absolute Gasteiger partial charge is 0.457 e. The number of nitrogens with two attached hydrogens (primary N) is 1. The molecule has 19 heavy (non-hydrogen) atoms. The maximum atomic E-state index is 13.0. The minimum absolute atomic E-state index is 0.0712. The summed E-state index contributed by atoms with van der Waals surface area (Å²) in [6.07, 6.45) is 0. The fourth-order valence-corrected chi connectivity index (χ4v) is 1.75. The van der Waals surface area contributed by atoms with Crippen molar-refractivity contribution in [3.05, 3.63) is 63.9 Å². The van der Waals surface area contributed by atoms with E-state index < -0.39 is 11.8 Å². The lowest BCUT2D eigenvalue weighted by Gasteiger charge is -2.06. The number of carbonyl (C=O) groups is 1. The van der Waals surface area contributed by atoms with Crippen LogP contribution in [0.2, 0.25) is 0 Å². The Morgan fingerprint density at radius 3 is 2.53 bits per heavy atom. The van der Waals surface area contributed by atoms with Gasteiger partial charge in [0.25, 0.3) is 0 Å². The molecule has 3 nitrogen and oxygen atoms in total. The SMILES string of the molecule is Nc1cc(C(=O)OCc2ccc(Br)cc2)ccc1F. The van der Waals surface area contributed by atoms with Crippen molar-refractivity contribution in [1.82, 2.24) is 0 Å². The van der Waals surface area contributed by atoms with Gasteiger partial charge < -0.3 is 10.5 Å². The van der Waals surface area contributed by atoms with Crippen LogP contribution < -0.4 is 5.73 Å². The van der Waals surface area contributed by atoms with E-state index in [0.29, 0.717) is 0 Å². The van der Waals surface area contributed by atoms with Gasteiger partial charge in [0.05, 0.1) is 11.3 Å². The molecule has 0 unspecified atom stereocenters. The molecule has 2 N–H and O–H groups in total. The Bertz CT molecular complexity index is 599. The minimum atomic E-state index is -0.551. The van der Waals surface area contributed by atoms with Crippen LogP contribution in [-0.2, 0) is 11.3 Å². The Morgan fingerprint density at radius 2 is 1.89 bits per heavy atom. The van der Waals surface area contributed by atoms with E-state index in [2.05, 4.69) is 15.9 Å². The van der Waals surface area contributed by atoms with Gasteiger partial charge in [0.15, 0.2) is 0 Å². The molecule has 0 amide bonds. The molecule has 5 heteroatoms. The summed E-state index contributed by atoms with van der Waals surface area (Å²) >= 11 is 3.32. The molecule has 2 aromatic carbocycles. The summed E-state index contributed by atoms with van der Waals surface area (Å²) in [5, 5.41) is 0. The van der Waals surface area contributed by atoms with Crippen LogP contribution in [0.15, 0.2) is 46.9 Å². The second kappa shape index (κ2) is 5.84. The fourth-order valence-electron chi connectivity index (χ4n) is 1.48. The van der Waals surface area contributed by atoms with Crippen LogP contribution >= 0.6 is 15.9 Å². The monoisotopic (exact) mass is 323 g/mol. The number of esters is 1. The smallest absolute Gasteiger partial charge is 0.338 e. The molecular weight excluding hydrogens is 313 g/mol. The number of anilines is 1. The average molecular weight is 324 g/mol. The van der Waals surface area contributed by atoms with E-state index in [9.17, 15) is 9.18 Å². The highest BCUT2D eigenvalue weighted by atomic mass is 79.9. The van der Waals surface area contributed by atoms with Crippen molar-refractivity contribution in [1.29, 1.82) is 0 Å². The fraction of sp³-hybridized carbons (Fsp3) is 0.0714. The third-order valence-corrected chi connectivity index (χ3v) is 3.04. The Labute approximate surface area is 118 Å². The van der Waals surface area contributed by atoms with Crippen molar-refractivity contribution >= 4 is 27.6 Å². The zero-order valence-electron chi connectivity index (χ0n) is 9.90. The highest BCUT2D eigenvalue weighted by molar-refractivity contribution is 9.10. The van der Waals surface area contributed by atoms with Crippen LogP contribution in [0.25, 0.3) is 0 Å². The molecule has 0 spiro atoms. The number of ether oxygens (including phenoxy) is 1. The summed E-state index contributed by atoms with van der Waals surface area (Å²) in [5.41, 5.74) is 6.42. The second-order valence-electron chi connectivity index (χ2n) is 3.94. The molecule has 0 radical (unpaired) electrons. The Morgan fingerprint density at radius 1 is 1.21 bits per heavy atom. The predicted molar refractivity (Wildman–Crippen MR) is 74.1 cm³/mol. The third-order valence-electron chi connectivity index (χ3n) is 2.51. The number of nitrogen functional groups attached to an aromatic ring is 1. The maximum Gasteiger partial charge on any atom is 0.338 e. The topological polar surface area (TPSA) is 52.3 Å². The number of hydrogen-bond acceptors (Lipinski definition) is 3. The molecule has 0 atom stereocenters. The number of hydrogen-bond donors (Lipinski definition) is 1. The quantitative estimate of drug-likeness (QED) is 0.694. The normalized spacial score (nSPS) is 10.2. The van der Waals surface area contributed by atoms with E-state index in [-0.39, 0.29) is 17.9 Å². The molecule has 0 aliphatic carbocycles. The van der Waals surface area contributed by atoms with Gasteiger partial charge >= 0.3 is 5.97 Å². The first-order valence-corrected chi connectivity index (χ1v) is 6.32. The van der Waals surface area contributed by atoms with Crippen molar-refractivity contribution in [2.24, 2.45) is 0 Å². The van der Waals surface area contributed by atoms with Gasteiger partial charge in [0.2, 0.25) is 0 Å². The number of rotatable bonds is 3. The van der Waals surface area contributed by atoms with Crippen LogP contribution in [0.3, 0.4) is 0 Å². The minimum Gasteiger partial charge on any atom is -0.457 e. The van der Waals surface area contributed by atoms with E-state index in [4.69, 9.17) is 10.5 Å². The lowest BCUT2D eigenvalue weighted by atomic mass is 10.2. The number of halogens is 2. The first-order chi connectivity index (χ1) is 9.06.